The molecule has 4 heterocycles. The number of nitrogens with zero attached hydrogens (tertiary/aromatic N) is 7. The highest BCUT2D eigenvalue weighted by Crippen LogP contribution is 2.15. The number of rotatable bonds is 4. The summed E-state index contributed by atoms with van der Waals surface area (Å²) >= 11 is 1.64. The second kappa shape index (κ2) is 7.48. The number of nitrogens with one attached hydrogen (secondary N) is 1. The third kappa shape index (κ3) is 3.64. The molecule has 0 bridgehead atoms. The molecule has 0 radical (unpaired) electrons. The molecule has 9 nitrogen and oxygen atoms in total. The second-order valence-corrected chi connectivity index (χ2v) is 6.82. The molecular formula is C16H18N8OS. The minimum atomic E-state index is -0.0240. The van der Waals surface area contributed by atoms with Crippen molar-refractivity contribution in [2.24, 2.45) is 0 Å². The van der Waals surface area contributed by atoms with Crippen LogP contribution in [-0.2, 0) is 6.54 Å². The van der Waals surface area contributed by atoms with Gasteiger partial charge < -0.3 is 15.1 Å². The molecule has 0 aromatic carbocycles. The van der Waals surface area contributed by atoms with Gasteiger partial charge in [0.1, 0.15) is 24.8 Å². The summed E-state index contributed by atoms with van der Waals surface area (Å²) in [5, 5.41) is 9.07. The molecule has 1 fully saturated rings. The summed E-state index contributed by atoms with van der Waals surface area (Å²) in [4.78, 5) is 29.9. The fraction of sp³-hybridized carbons (Fsp3) is 0.312. The number of carbonyl (C=O) groups is 1. The fourth-order valence-electron chi connectivity index (χ4n) is 2.79. The molecule has 3 aromatic rings. The Morgan fingerprint density at radius 3 is 2.73 bits per heavy atom. The first-order chi connectivity index (χ1) is 12.8. The van der Waals surface area contributed by atoms with Crippen LogP contribution in [0.1, 0.15) is 4.88 Å². The van der Waals surface area contributed by atoms with Gasteiger partial charge in [0.05, 0.1) is 6.54 Å². The van der Waals surface area contributed by atoms with Gasteiger partial charge >= 0.3 is 6.03 Å². The van der Waals surface area contributed by atoms with E-state index in [0.29, 0.717) is 25.5 Å². The van der Waals surface area contributed by atoms with Crippen molar-refractivity contribution in [3.8, 4) is 5.82 Å². The Bertz CT molecular complexity index is 843. The van der Waals surface area contributed by atoms with E-state index in [0.717, 1.165) is 23.8 Å². The summed E-state index contributed by atoms with van der Waals surface area (Å²) in [6.07, 6.45) is 4.59. The Labute approximate surface area is 154 Å². The van der Waals surface area contributed by atoms with E-state index in [4.69, 9.17) is 0 Å². The van der Waals surface area contributed by atoms with E-state index >= 15 is 0 Å². The summed E-state index contributed by atoms with van der Waals surface area (Å²) in [5.74, 6) is 1.49. The lowest BCUT2D eigenvalue weighted by atomic mass is 10.3. The van der Waals surface area contributed by atoms with Crippen molar-refractivity contribution >= 4 is 23.2 Å². The molecule has 1 aliphatic rings. The van der Waals surface area contributed by atoms with Gasteiger partial charge in [-0.3, -0.25) is 0 Å². The summed E-state index contributed by atoms with van der Waals surface area (Å²) in [7, 11) is 0. The molecule has 0 unspecified atom stereocenters. The Kier molecular flexibility index (Phi) is 4.73. The Hall–Kier alpha value is -3.01. The molecule has 1 saturated heterocycles. The van der Waals surface area contributed by atoms with Gasteiger partial charge in [-0.25, -0.2) is 24.4 Å². The minimum Gasteiger partial charge on any atom is -0.353 e. The quantitative estimate of drug-likeness (QED) is 0.741. The zero-order chi connectivity index (χ0) is 17.8. The summed E-state index contributed by atoms with van der Waals surface area (Å²) in [5.41, 5.74) is 0. The molecule has 10 heteroatoms. The van der Waals surface area contributed by atoms with Gasteiger partial charge in [-0.15, -0.1) is 11.3 Å². The Balaban J connectivity index is 1.33. The largest absolute Gasteiger partial charge is 0.353 e. The third-order valence-electron chi connectivity index (χ3n) is 4.18. The maximum absolute atomic E-state index is 12.3. The zero-order valence-corrected chi connectivity index (χ0v) is 14.8. The molecule has 134 valence electrons. The monoisotopic (exact) mass is 370 g/mol. The van der Waals surface area contributed by atoms with Gasteiger partial charge in [-0.1, -0.05) is 6.07 Å². The number of piperazine rings is 1. The predicted octanol–water partition coefficient (Wildman–Crippen LogP) is 1.15. The predicted molar refractivity (Wildman–Crippen MR) is 97.3 cm³/mol. The van der Waals surface area contributed by atoms with E-state index < -0.39 is 0 Å². The van der Waals surface area contributed by atoms with Crippen LogP contribution in [0.15, 0.2) is 42.6 Å². The number of thiophene rings is 1. The van der Waals surface area contributed by atoms with Gasteiger partial charge in [0.25, 0.3) is 0 Å². The lowest BCUT2D eigenvalue weighted by Gasteiger charge is -2.35. The first-order valence-corrected chi connectivity index (χ1v) is 9.15. The molecule has 0 spiro atoms. The average Bonchev–Trinajstić information content (AvgIpc) is 3.40. The molecular weight excluding hydrogens is 352 g/mol. The number of hydrogen-bond acceptors (Lipinski definition) is 7. The molecule has 26 heavy (non-hydrogen) atoms. The maximum Gasteiger partial charge on any atom is 0.317 e. The van der Waals surface area contributed by atoms with E-state index in [1.807, 2.05) is 28.5 Å². The first-order valence-electron chi connectivity index (χ1n) is 8.27. The summed E-state index contributed by atoms with van der Waals surface area (Å²) < 4.78 is 1.60. The zero-order valence-electron chi connectivity index (χ0n) is 14.0. The normalized spacial score (nSPS) is 14.5. The van der Waals surface area contributed by atoms with Crippen molar-refractivity contribution in [2.45, 2.75) is 6.54 Å². The number of amides is 2. The average molecular weight is 370 g/mol. The van der Waals surface area contributed by atoms with Gasteiger partial charge in [0.2, 0.25) is 0 Å². The van der Waals surface area contributed by atoms with Crippen LogP contribution >= 0.6 is 11.3 Å². The van der Waals surface area contributed by atoms with Crippen molar-refractivity contribution in [2.75, 3.05) is 31.1 Å². The van der Waals surface area contributed by atoms with Gasteiger partial charge in [-0.05, 0) is 11.4 Å². The van der Waals surface area contributed by atoms with Crippen LogP contribution in [0.3, 0.4) is 0 Å². The molecule has 0 aliphatic carbocycles. The van der Waals surface area contributed by atoms with Gasteiger partial charge in [-0.2, -0.15) is 5.10 Å². The van der Waals surface area contributed by atoms with Gasteiger partial charge in [0.15, 0.2) is 5.82 Å². The minimum absolute atomic E-state index is 0.0240. The number of urea groups is 1. The molecule has 0 saturated carbocycles. The van der Waals surface area contributed by atoms with Gasteiger partial charge in [0, 0.05) is 37.1 Å². The van der Waals surface area contributed by atoms with E-state index in [1.165, 1.54) is 12.7 Å². The second-order valence-electron chi connectivity index (χ2n) is 5.79. The molecule has 3 aromatic heterocycles. The molecule has 0 atom stereocenters. The SMILES string of the molecule is O=C(NCc1cccs1)N1CCN(c2cc(-n3cncn3)ncn2)CC1. The fourth-order valence-corrected chi connectivity index (χ4v) is 3.43. The van der Waals surface area contributed by atoms with Crippen molar-refractivity contribution in [1.29, 1.82) is 0 Å². The highest BCUT2D eigenvalue weighted by atomic mass is 32.1. The smallest absolute Gasteiger partial charge is 0.317 e. The standard InChI is InChI=1S/C16H18N8OS/c25-16(18-9-13-2-1-7-26-13)23-5-3-22(4-6-23)14-8-15(20-11-19-14)24-12-17-10-21-24/h1-2,7-8,10-12H,3-6,9H2,(H,18,25). The van der Waals surface area contributed by atoms with Crippen LogP contribution in [0.5, 0.6) is 0 Å². The molecule has 2 amide bonds. The lowest BCUT2D eigenvalue weighted by molar-refractivity contribution is 0.194. The van der Waals surface area contributed by atoms with Crippen molar-refractivity contribution in [3.05, 3.63) is 47.4 Å². The number of anilines is 1. The van der Waals surface area contributed by atoms with E-state index in [1.54, 1.807) is 22.3 Å². The van der Waals surface area contributed by atoms with Crippen LogP contribution in [-0.4, -0.2) is 61.8 Å². The third-order valence-corrected chi connectivity index (χ3v) is 5.05. The highest BCUT2D eigenvalue weighted by molar-refractivity contribution is 7.09. The number of aromatic nitrogens is 5. The van der Waals surface area contributed by atoms with Crippen LogP contribution in [0.2, 0.25) is 0 Å². The van der Waals surface area contributed by atoms with Crippen LogP contribution in [0, 0.1) is 0 Å². The molecule has 1 aliphatic heterocycles. The Morgan fingerprint density at radius 1 is 1.15 bits per heavy atom. The topological polar surface area (TPSA) is 92.1 Å². The lowest BCUT2D eigenvalue weighted by Crippen LogP contribution is -2.51. The Morgan fingerprint density at radius 2 is 2.00 bits per heavy atom. The first kappa shape index (κ1) is 16.5. The van der Waals surface area contributed by atoms with E-state index in [-0.39, 0.29) is 6.03 Å². The van der Waals surface area contributed by atoms with Crippen molar-refractivity contribution < 1.29 is 4.79 Å². The number of hydrogen-bond donors (Lipinski definition) is 1. The van der Waals surface area contributed by atoms with Crippen molar-refractivity contribution in [1.82, 2.24) is 34.9 Å². The molecule has 4 rings (SSSR count). The van der Waals surface area contributed by atoms with Crippen LogP contribution < -0.4 is 10.2 Å². The van der Waals surface area contributed by atoms with Crippen LogP contribution in [0.4, 0.5) is 10.6 Å². The molecule has 1 N–H and O–H groups in total. The summed E-state index contributed by atoms with van der Waals surface area (Å²) in [6, 6.07) is 5.86. The van der Waals surface area contributed by atoms with Crippen LogP contribution in [0.25, 0.3) is 5.82 Å². The highest BCUT2D eigenvalue weighted by Gasteiger charge is 2.22. The maximum atomic E-state index is 12.3. The summed E-state index contributed by atoms with van der Waals surface area (Å²) in [6.45, 7) is 3.32. The van der Waals surface area contributed by atoms with E-state index in [2.05, 4.69) is 30.3 Å². The number of carbonyl (C=O) groups excluding carboxylic acids is 1. The van der Waals surface area contributed by atoms with Crippen molar-refractivity contribution in [3.63, 3.8) is 0 Å². The van der Waals surface area contributed by atoms with E-state index in [9.17, 15) is 4.79 Å².